The van der Waals surface area contributed by atoms with Crippen molar-refractivity contribution in [1.29, 1.82) is 0 Å². The molecule has 0 aliphatic rings. The normalized spacial score (nSPS) is 11.0. The Morgan fingerprint density at radius 2 is 1.48 bits per heavy atom. The molecule has 0 aliphatic heterocycles. The summed E-state index contributed by atoms with van der Waals surface area (Å²) in [6, 6.07) is 31.9. The third-order valence-electron chi connectivity index (χ3n) is 5.55. The quantitative estimate of drug-likeness (QED) is 0.325. The van der Waals surface area contributed by atoms with Crippen molar-refractivity contribution in [3.05, 3.63) is 114 Å². The summed E-state index contributed by atoms with van der Waals surface area (Å²) in [5, 5.41) is 4.15. The molecular formula is C28H28N2O3. The molecule has 0 saturated carbocycles. The Bertz CT molecular complexity index is 1090. The minimum absolute atomic E-state index is 0.0193. The maximum Gasteiger partial charge on any atom is 0.248 e. The summed E-state index contributed by atoms with van der Waals surface area (Å²) in [5.41, 5.74) is 3.91. The second-order valence-electron chi connectivity index (χ2n) is 7.98. The first-order chi connectivity index (χ1) is 16.2. The Balaban J connectivity index is 1.28. The van der Waals surface area contributed by atoms with Crippen molar-refractivity contribution in [2.75, 3.05) is 20.2 Å². The van der Waals surface area contributed by atoms with Gasteiger partial charge in [-0.25, -0.2) is 0 Å². The van der Waals surface area contributed by atoms with Crippen LogP contribution in [0.1, 0.15) is 29.4 Å². The maximum atomic E-state index is 12.7. The summed E-state index contributed by atoms with van der Waals surface area (Å²) in [4.78, 5) is 14.4. The second-order valence-corrected chi connectivity index (χ2v) is 7.98. The molecule has 5 nitrogen and oxygen atoms in total. The zero-order valence-corrected chi connectivity index (χ0v) is 18.8. The minimum Gasteiger partial charge on any atom is -0.361 e. The Labute approximate surface area is 194 Å². The third-order valence-corrected chi connectivity index (χ3v) is 5.55. The number of benzene rings is 3. The number of hydrogen-bond acceptors (Lipinski definition) is 4. The third kappa shape index (κ3) is 6.18. The molecule has 1 aromatic heterocycles. The highest BCUT2D eigenvalue weighted by Gasteiger charge is 2.18. The van der Waals surface area contributed by atoms with Crippen molar-refractivity contribution >= 4 is 5.91 Å². The van der Waals surface area contributed by atoms with E-state index in [0.717, 1.165) is 41.0 Å². The van der Waals surface area contributed by atoms with Crippen molar-refractivity contribution in [3.8, 4) is 11.3 Å². The highest BCUT2D eigenvalue weighted by Crippen LogP contribution is 2.25. The van der Waals surface area contributed by atoms with Gasteiger partial charge in [0.1, 0.15) is 24.2 Å². The molecule has 3 aromatic carbocycles. The van der Waals surface area contributed by atoms with Crippen LogP contribution in [0.2, 0.25) is 0 Å². The lowest BCUT2D eigenvalue weighted by atomic mass is 10.0. The van der Waals surface area contributed by atoms with Crippen molar-refractivity contribution in [2.45, 2.75) is 18.9 Å². The van der Waals surface area contributed by atoms with Crippen LogP contribution in [0, 0.1) is 0 Å². The number of nitrogens with zero attached hydrogens (tertiary/aromatic N) is 2. The lowest BCUT2D eigenvalue weighted by molar-refractivity contribution is -0.136. The average Bonchev–Trinajstić information content (AvgIpc) is 3.35. The van der Waals surface area contributed by atoms with E-state index < -0.39 is 0 Å². The monoisotopic (exact) mass is 440 g/mol. The lowest BCUT2D eigenvalue weighted by Gasteiger charge is -2.21. The molecule has 0 bridgehead atoms. The summed E-state index contributed by atoms with van der Waals surface area (Å²) in [6.45, 7) is 0.635. The van der Waals surface area contributed by atoms with Gasteiger partial charge in [-0.1, -0.05) is 96.2 Å². The number of likely N-dealkylation sites (N-methyl/N-ethyl adjacent to an activating group) is 1. The van der Waals surface area contributed by atoms with Gasteiger partial charge in [0.25, 0.3) is 0 Å². The van der Waals surface area contributed by atoms with Crippen molar-refractivity contribution in [3.63, 3.8) is 0 Å². The summed E-state index contributed by atoms with van der Waals surface area (Å²) < 4.78 is 11.6. The van der Waals surface area contributed by atoms with Gasteiger partial charge in [0.15, 0.2) is 0 Å². The molecule has 33 heavy (non-hydrogen) atoms. The molecule has 0 aliphatic carbocycles. The number of aromatic nitrogens is 1. The average molecular weight is 441 g/mol. The number of hydrogen-bond donors (Lipinski definition) is 0. The van der Waals surface area contributed by atoms with E-state index in [4.69, 9.17) is 9.26 Å². The fourth-order valence-corrected chi connectivity index (χ4v) is 3.70. The largest absolute Gasteiger partial charge is 0.361 e. The minimum atomic E-state index is -0.282. The van der Waals surface area contributed by atoms with Crippen molar-refractivity contribution in [2.24, 2.45) is 0 Å². The van der Waals surface area contributed by atoms with E-state index in [0.29, 0.717) is 6.54 Å². The predicted octanol–water partition coefficient (Wildman–Crippen LogP) is 5.54. The maximum absolute atomic E-state index is 12.7. The number of aryl methyl sites for hydroxylation is 1. The van der Waals surface area contributed by atoms with Gasteiger partial charge in [0.05, 0.1) is 0 Å². The van der Waals surface area contributed by atoms with Crippen LogP contribution in [0.5, 0.6) is 0 Å². The second kappa shape index (κ2) is 11.2. The fraction of sp³-hybridized carbons (Fsp3) is 0.214. The molecule has 4 aromatic rings. The van der Waals surface area contributed by atoms with E-state index >= 15 is 0 Å². The van der Waals surface area contributed by atoms with Crippen molar-refractivity contribution < 1.29 is 14.1 Å². The molecular weight excluding hydrogens is 412 g/mol. The molecule has 0 fully saturated rings. The molecule has 168 valence electrons. The van der Waals surface area contributed by atoms with Gasteiger partial charge in [-0.05, 0) is 17.5 Å². The molecule has 0 atom stereocenters. The zero-order chi connectivity index (χ0) is 22.9. The van der Waals surface area contributed by atoms with Gasteiger partial charge in [0, 0.05) is 31.6 Å². The highest BCUT2D eigenvalue weighted by molar-refractivity contribution is 5.77. The number of ether oxygens (including phenoxy) is 1. The van der Waals surface area contributed by atoms with E-state index in [1.54, 1.807) is 4.90 Å². The molecule has 0 spiro atoms. The van der Waals surface area contributed by atoms with Gasteiger partial charge in [0.2, 0.25) is 5.91 Å². The molecule has 0 radical (unpaired) electrons. The number of carbonyl (C=O) groups excluding carboxylic acids is 1. The van der Waals surface area contributed by atoms with E-state index in [2.05, 4.69) is 5.16 Å². The molecule has 1 heterocycles. The van der Waals surface area contributed by atoms with Crippen LogP contribution in [0.3, 0.4) is 0 Å². The van der Waals surface area contributed by atoms with Crippen LogP contribution in [0.25, 0.3) is 11.3 Å². The standard InChI is InChI=1S/C28H28N2O3/c1-30(19-11-18-25-20-26(29-33-25)22-12-5-2-6-13-22)27(31)21-32-28(23-14-7-3-8-15-23)24-16-9-4-10-17-24/h2-10,12-17,20,28H,11,18-19,21H2,1H3. The van der Waals surface area contributed by atoms with Gasteiger partial charge in [-0.2, -0.15) is 0 Å². The Morgan fingerprint density at radius 3 is 2.09 bits per heavy atom. The topological polar surface area (TPSA) is 55.6 Å². The van der Waals surface area contributed by atoms with Crippen LogP contribution in [-0.2, 0) is 16.0 Å². The summed E-state index contributed by atoms with van der Waals surface area (Å²) in [5.74, 6) is 0.772. The molecule has 4 rings (SSSR count). The smallest absolute Gasteiger partial charge is 0.248 e. The van der Waals surface area contributed by atoms with Gasteiger partial charge < -0.3 is 14.2 Å². The first kappa shape index (κ1) is 22.5. The first-order valence-electron chi connectivity index (χ1n) is 11.2. The number of amides is 1. The molecule has 1 amide bonds. The summed E-state index contributed by atoms with van der Waals surface area (Å²) in [7, 11) is 1.81. The SMILES string of the molecule is CN(CCCc1cc(-c2ccccc2)no1)C(=O)COC(c1ccccc1)c1ccccc1. The zero-order valence-electron chi connectivity index (χ0n) is 18.8. The molecule has 0 N–H and O–H groups in total. The van der Waals surface area contributed by atoms with Crippen LogP contribution in [0.4, 0.5) is 0 Å². The van der Waals surface area contributed by atoms with E-state index in [1.807, 2.05) is 104 Å². The van der Waals surface area contributed by atoms with Crippen LogP contribution < -0.4 is 0 Å². The number of carbonyl (C=O) groups is 1. The van der Waals surface area contributed by atoms with Crippen molar-refractivity contribution in [1.82, 2.24) is 10.1 Å². The lowest BCUT2D eigenvalue weighted by Crippen LogP contribution is -2.32. The van der Waals surface area contributed by atoms with E-state index in [9.17, 15) is 4.79 Å². The van der Waals surface area contributed by atoms with Crippen LogP contribution in [0.15, 0.2) is 102 Å². The van der Waals surface area contributed by atoms with E-state index in [-0.39, 0.29) is 18.6 Å². The highest BCUT2D eigenvalue weighted by atomic mass is 16.5. The Morgan fingerprint density at radius 1 is 0.909 bits per heavy atom. The van der Waals surface area contributed by atoms with Gasteiger partial charge in [-0.3, -0.25) is 4.79 Å². The van der Waals surface area contributed by atoms with Gasteiger partial charge in [-0.15, -0.1) is 0 Å². The molecule has 0 unspecified atom stereocenters. The van der Waals surface area contributed by atoms with Gasteiger partial charge >= 0.3 is 0 Å². The Hall–Kier alpha value is -3.70. The van der Waals surface area contributed by atoms with E-state index in [1.165, 1.54) is 0 Å². The molecule has 5 heteroatoms. The first-order valence-corrected chi connectivity index (χ1v) is 11.2. The fourth-order valence-electron chi connectivity index (χ4n) is 3.70. The Kier molecular flexibility index (Phi) is 7.67. The summed E-state index contributed by atoms with van der Waals surface area (Å²) >= 11 is 0. The molecule has 0 saturated heterocycles. The number of rotatable bonds is 10. The predicted molar refractivity (Wildman–Crippen MR) is 129 cm³/mol. The van der Waals surface area contributed by atoms with Crippen LogP contribution in [-0.4, -0.2) is 36.2 Å². The van der Waals surface area contributed by atoms with Crippen LogP contribution >= 0.6 is 0 Å². The summed E-state index contributed by atoms with van der Waals surface area (Å²) in [6.07, 6.45) is 1.22.